The molecule has 0 aliphatic heterocycles. The molecule has 0 spiro atoms. The van der Waals surface area contributed by atoms with E-state index < -0.39 is 0 Å². The number of carbonyl (C=O) groups excluding carboxylic acids is 1. The molecule has 1 aromatic carbocycles. The van der Waals surface area contributed by atoms with Crippen LogP contribution < -0.4 is 5.32 Å². The summed E-state index contributed by atoms with van der Waals surface area (Å²) in [6, 6.07) is 5.74. The molecule has 0 aliphatic rings. The second kappa shape index (κ2) is 7.29. The SMILES string of the molecule is Cc1ccc(Br)cc1C(=O)NCC(Br)CC(C)C. The normalized spacial score (nSPS) is 12.6. The maximum Gasteiger partial charge on any atom is 0.251 e. The zero-order valence-electron chi connectivity index (χ0n) is 11.0. The van der Waals surface area contributed by atoms with Gasteiger partial charge >= 0.3 is 0 Å². The van der Waals surface area contributed by atoms with Gasteiger partial charge in [-0.05, 0) is 37.0 Å². The molecule has 2 nitrogen and oxygen atoms in total. The number of carbonyl (C=O) groups is 1. The second-order valence-corrected chi connectivity index (χ2v) is 7.11. The van der Waals surface area contributed by atoms with Crippen molar-refractivity contribution >= 4 is 37.8 Å². The fourth-order valence-electron chi connectivity index (χ4n) is 1.73. The number of rotatable bonds is 5. The highest BCUT2D eigenvalue weighted by Crippen LogP contribution is 2.16. The maximum absolute atomic E-state index is 12.1. The largest absolute Gasteiger partial charge is 0.351 e. The third kappa shape index (κ3) is 5.11. The van der Waals surface area contributed by atoms with Gasteiger partial charge in [-0.25, -0.2) is 0 Å². The highest BCUT2D eigenvalue weighted by Gasteiger charge is 2.12. The first-order valence-electron chi connectivity index (χ1n) is 6.08. The summed E-state index contributed by atoms with van der Waals surface area (Å²) in [5.41, 5.74) is 1.72. The Morgan fingerprint density at radius 2 is 2.06 bits per heavy atom. The quantitative estimate of drug-likeness (QED) is 0.762. The Hall–Kier alpha value is -0.350. The summed E-state index contributed by atoms with van der Waals surface area (Å²) in [7, 11) is 0. The minimum Gasteiger partial charge on any atom is -0.351 e. The minimum absolute atomic E-state index is 0.0120. The monoisotopic (exact) mass is 375 g/mol. The summed E-state index contributed by atoms with van der Waals surface area (Å²) in [5, 5.41) is 2.97. The molecule has 0 fully saturated rings. The van der Waals surface area contributed by atoms with Crippen LogP contribution in [0.5, 0.6) is 0 Å². The lowest BCUT2D eigenvalue weighted by atomic mass is 10.1. The molecular weight excluding hydrogens is 358 g/mol. The zero-order valence-corrected chi connectivity index (χ0v) is 14.1. The summed E-state index contributed by atoms with van der Waals surface area (Å²) >= 11 is 6.98. The molecule has 0 heterocycles. The van der Waals surface area contributed by atoms with Crippen LogP contribution in [-0.2, 0) is 0 Å². The molecule has 1 amide bonds. The number of hydrogen-bond acceptors (Lipinski definition) is 1. The van der Waals surface area contributed by atoms with Gasteiger partial charge in [-0.1, -0.05) is 51.8 Å². The predicted molar refractivity (Wildman–Crippen MR) is 83.4 cm³/mol. The molecule has 0 radical (unpaired) electrons. The van der Waals surface area contributed by atoms with Crippen LogP contribution in [0.15, 0.2) is 22.7 Å². The van der Waals surface area contributed by atoms with Crippen LogP contribution in [0.4, 0.5) is 0 Å². The van der Waals surface area contributed by atoms with Crippen molar-refractivity contribution in [2.24, 2.45) is 5.92 Å². The Balaban J connectivity index is 2.58. The van der Waals surface area contributed by atoms with Crippen LogP contribution in [0.3, 0.4) is 0 Å². The molecule has 1 aromatic rings. The third-order valence-electron chi connectivity index (χ3n) is 2.66. The third-order valence-corrected chi connectivity index (χ3v) is 3.85. The van der Waals surface area contributed by atoms with E-state index >= 15 is 0 Å². The number of nitrogens with one attached hydrogen (secondary N) is 1. The summed E-state index contributed by atoms with van der Waals surface area (Å²) < 4.78 is 0.927. The van der Waals surface area contributed by atoms with E-state index in [1.165, 1.54) is 0 Å². The van der Waals surface area contributed by atoms with Crippen LogP contribution >= 0.6 is 31.9 Å². The number of aryl methyl sites for hydroxylation is 1. The van der Waals surface area contributed by atoms with Gasteiger partial charge in [-0.3, -0.25) is 4.79 Å². The molecule has 1 N–H and O–H groups in total. The van der Waals surface area contributed by atoms with Crippen LogP contribution in [0.2, 0.25) is 0 Å². The van der Waals surface area contributed by atoms with Gasteiger partial charge in [0.1, 0.15) is 0 Å². The number of hydrogen-bond donors (Lipinski definition) is 1. The molecule has 1 atom stereocenters. The molecule has 0 saturated heterocycles. The molecule has 1 unspecified atom stereocenters. The van der Waals surface area contributed by atoms with E-state index in [4.69, 9.17) is 0 Å². The molecular formula is C14H19Br2NO. The van der Waals surface area contributed by atoms with Crippen LogP contribution in [-0.4, -0.2) is 17.3 Å². The summed E-state index contributed by atoms with van der Waals surface area (Å²) in [4.78, 5) is 12.4. The van der Waals surface area contributed by atoms with Crippen molar-refractivity contribution in [1.82, 2.24) is 5.32 Å². The zero-order chi connectivity index (χ0) is 13.7. The Labute approximate surface area is 126 Å². The number of alkyl halides is 1. The van der Waals surface area contributed by atoms with E-state index in [2.05, 4.69) is 51.0 Å². The van der Waals surface area contributed by atoms with Gasteiger partial charge < -0.3 is 5.32 Å². The molecule has 0 saturated carbocycles. The molecule has 0 aliphatic carbocycles. The van der Waals surface area contributed by atoms with Crippen molar-refractivity contribution in [3.05, 3.63) is 33.8 Å². The predicted octanol–water partition coefficient (Wildman–Crippen LogP) is 4.30. The van der Waals surface area contributed by atoms with E-state index in [-0.39, 0.29) is 5.91 Å². The lowest BCUT2D eigenvalue weighted by Crippen LogP contribution is -2.30. The van der Waals surface area contributed by atoms with Crippen molar-refractivity contribution in [3.63, 3.8) is 0 Å². The Bertz CT molecular complexity index is 418. The Morgan fingerprint density at radius 1 is 1.39 bits per heavy atom. The fraction of sp³-hybridized carbons (Fsp3) is 0.500. The van der Waals surface area contributed by atoms with E-state index in [9.17, 15) is 4.79 Å². The van der Waals surface area contributed by atoms with Crippen molar-refractivity contribution in [2.45, 2.75) is 32.0 Å². The Morgan fingerprint density at radius 3 is 2.67 bits per heavy atom. The minimum atomic E-state index is -0.0120. The highest BCUT2D eigenvalue weighted by molar-refractivity contribution is 9.10. The maximum atomic E-state index is 12.1. The van der Waals surface area contributed by atoms with Crippen molar-refractivity contribution in [1.29, 1.82) is 0 Å². The van der Waals surface area contributed by atoms with E-state index in [1.807, 2.05) is 25.1 Å². The lowest BCUT2D eigenvalue weighted by molar-refractivity contribution is 0.0952. The summed E-state index contributed by atoms with van der Waals surface area (Å²) in [6.07, 6.45) is 1.05. The summed E-state index contributed by atoms with van der Waals surface area (Å²) in [6.45, 7) is 6.95. The van der Waals surface area contributed by atoms with Crippen molar-refractivity contribution in [3.8, 4) is 0 Å². The smallest absolute Gasteiger partial charge is 0.251 e. The average Bonchev–Trinajstić information content (AvgIpc) is 2.28. The van der Waals surface area contributed by atoms with Crippen molar-refractivity contribution in [2.75, 3.05) is 6.54 Å². The van der Waals surface area contributed by atoms with Crippen molar-refractivity contribution < 1.29 is 4.79 Å². The molecule has 1 rings (SSSR count). The fourth-order valence-corrected chi connectivity index (χ4v) is 3.00. The topological polar surface area (TPSA) is 29.1 Å². The number of amides is 1. The first-order chi connectivity index (χ1) is 8.40. The average molecular weight is 377 g/mol. The van der Waals surface area contributed by atoms with Gasteiger partial charge in [0.2, 0.25) is 0 Å². The Kier molecular flexibility index (Phi) is 6.36. The second-order valence-electron chi connectivity index (χ2n) is 4.90. The molecule has 100 valence electrons. The highest BCUT2D eigenvalue weighted by atomic mass is 79.9. The van der Waals surface area contributed by atoms with Gasteiger partial charge in [-0.15, -0.1) is 0 Å². The van der Waals surface area contributed by atoms with Gasteiger partial charge in [0.25, 0.3) is 5.91 Å². The van der Waals surface area contributed by atoms with Crippen LogP contribution in [0.1, 0.15) is 36.2 Å². The van der Waals surface area contributed by atoms with Gasteiger partial charge in [0.15, 0.2) is 0 Å². The van der Waals surface area contributed by atoms with Crippen LogP contribution in [0, 0.1) is 12.8 Å². The molecule has 0 aromatic heterocycles. The molecule has 4 heteroatoms. The first kappa shape index (κ1) is 15.7. The standard InChI is InChI=1S/C14H19Br2NO/c1-9(2)6-12(16)8-17-14(18)13-7-11(15)5-4-10(13)3/h4-5,7,9,12H,6,8H2,1-3H3,(H,17,18). The number of halogens is 2. The first-order valence-corrected chi connectivity index (χ1v) is 7.79. The summed E-state index contributed by atoms with van der Waals surface area (Å²) in [5.74, 6) is 0.612. The van der Waals surface area contributed by atoms with Gasteiger partial charge in [-0.2, -0.15) is 0 Å². The lowest BCUT2D eigenvalue weighted by Gasteiger charge is -2.14. The molecule has 0 bridgehead atoms. The van der Waals surface area contributed by atoms with E-state index in [0.717, 1.165) is 22.0 Å². The van der Waals surface area contributed by atoms with Gasteiger partial charge in [0.05, 0.1) is 0 Å². The van der Waals surface area contributed by atoms with Gasteiger partial charge in [0, 0.05) is 21.4 Å². The molecule has 18 heavy (non-hydrogen) atoms. The number of benzene rings is 1. The van der Waals surface area contributed by atoms with E-state index in [0.29, 0.717) is 17.3 Å². The van der Waals surface area contributed by atoms with E-state index in [1.54, 1.807) is 0 Å². The van der Waals surface area contributed by atoms with Crippen LogP contribution in [0.25, 0.3) is 0 Å².